The molecule has 5 atom stereocenters. The predicted octanol–water partition coefficient (Wildman–Crippen LogP) is 3.48. The number of rotatable bonds is 2. The summed E-state index contributed by atoms with van der Waals surface area (Å²) in [5.74, 6) is 0.527. The molecule has 2 aromatic rings. The number of fused-ring (bicyclic) bond motifs is 3. The van der Waals surface area contributed by atoms with Crippen LogP contribution in [0.1, 0.15) is 37.4 Å². The average molecular weight is 407 g/mol. The molecule has 0 amide bonds. The Morgan fingerprint density at radius 3 is 2.33 bits per heavy atom. The van der Waals surface area contributed by atoms with E-state index in [-0.39, 0.29) is 5.54 Å². The lowest BCUT2D eigenvalue weighted by atomic mass is 9.78. The van der Waals surface area contributed by atoms with Gasteiger partial charge in [-0.3, -0.25) is 4.90 Å². The second kappa shape index (κ2) is 10.1. The zero-order chi connectivity index (χ0) is 20.8. The Labute approximate surface area is 182 Å². The first-order valence-corrected chi connectivity index (χ1v) is 11.7. The van der Waals surface area contributed by atoms with Crippen LogP contribution in [-0.4, -0.2) is 62.2 Å². The van der Waals surface area contributed by atoms with Crippen LogP contribution in [0.3, 0.4) is 0 Å². The molecule has 0 aliphatic carbocycles. The first-order chi connectivity index (χ1) is 14.7. The highest BCUT2D eigenvalue weighted by Crippen LogP contribution is 2.36. The third-order valence-corrected chi connectivity index (χ3v) is 7.42. The predicted molar refractivity (Wildman–Crippen MR) is 126 cm³/mol. The zero-order valence-electron chi connectivity index (χ0n) is 18.7. The summed E-state index contributed by atoms with van der Waals surface area (Å²) in [5, 5.41) is 7.65. The minimum absolute atomic E-state index is 0.0143. The fourth-order valence-corrected chi connectivity index (χ4v) is 5.24. The first-order valence-electron chi connectivity index (χ1n) is 11.7. The second-order valence-electron chi connectivity index (χ2n) is 9.15. The Kier molecular flexibility index (Phi) is 7.21. The minimum Gasteiger partial charge on any atom is -0.315 e. The largest absolute Gasteiger partial charge is 0.315 e. The van der Waals surface area contributed by atoms with Crippen LogP contribution in [0.4, 0.5) is 0 Å². The van der Waals surface area contributed by atoms with Crippen LogP contribution < -0.4 is 10.6 Å². The highest BCUT2D eigenvalue weighted by molar-refractivity contribution is 5.25. The highest BCUT2D eigenvalue weighted by atomic mass is 15.3. The van der Waals surface area contributed by atoms with Crippen molar-refractivity contribution in [3.8, 4) is 0 Å². The summed E-state index contributed by atoms with van der Waals surface area (Å²) in [5.41, 5.74) is 2.86. The summed E-state index contributed by atoms with van der Waals surface area (Å²) in [6, 6.07) is 22.6. The van der Waals surface area contributed by atoms with E-state index in [2.05, 4.69) is 94.9 Å². The fraction of sp³-hybridized carbons (Fsp3) is 0.538. The molecule has 2 saturated heterocycles. The van der Waals surface area contributed by atoms with Crippen molar-refractivity contribution in [2.24, 2.45) is 5.92 Å². The fourth-order valence-electron chi connectivity index (χ4n) is 5.24. The lowest BCUT2D eigenvalue weighted by Gasteiger charge is -2.48. The SMILES string of the molecule is CC1CNCCN2CCC(c3ccccc3)NCCN(CC2)C1(C)c1ccccc1. The lowest BCUT2D eigenvalue weighted by molar-refractivity contribution is 0.0313. The third kappa shape index (κ3) is 4.78. The first kappa shape index (κ1) is 21.5. The van der Waals surface area contributed by atoms with Gasteiger partial charge in [0.1, 0.15) is 0 Å². The van der Waals surface area contributed by atoms with Crippen LogP contribution in [0.2, 0.25) is 0 Å². The molecule has 4 nitrogen and oxygen atoms in total. The van der Waals surface area contributed by atoms with Gasteiger partial charge in [0, 0.05) is 57.4 Å². The molecule has 4 heteroatoms. The van der Waals surface area contributed by atoms with Gasteiger partial charge >= 0.3 is 0 Å². The van der Waals surface area contributed by atoms with Crippen molar-refractivity contribution in [1.82, 2.24) is 20.4 Å². The Balaban J connectivity index is 1.63. The van der Waals surface area contributed by atoms with Crippen LogP contribution in [0.15, 0.2) is 60.7 Å². The third-order valence-electron chi connectivity index (χ3n) is 7.42. The molecule has 2 fully saturated rings. The van der Waals surface area contributed by atoms with E-state index >= 15 is 0 Å². The molecule has 2 aliphatic rings. The Morgan fingerprint density at radius 2 is 1.57 bits per heavy atom. The number of nitrogens with one attached hydrogen (secondary N) is 2. The van der Waals surface area contributed by atoms with E-state index in [1.54, 1.807) is 0 Å². The van der Waals surface area contributed by atoms with Crippen molar-refractivity contribution in [1.29, 1.82) is 0 Å². The van der Waals surface area contributed by atoms with Crippen molar-refractivity contribution in [3.05, 3.63) is 71.8 Å². The van der Waals surface area contributed by atoms with Crippen molar-refractivity contribution >= 4 is 0 Å². The Hall–Kier alpha value is -1.72. The van der Waals surface area contributed by atoms with Gasteiger partial charge < -0.3 is 15.5 Å². The standard InChI is InChI=1S/C26H38N4/c1-22-21-27-14-17-29-16-13-25(23-9-5-3-6-10-23)28-15-18-30(20-19-29)26(22,2)24-11-7-4-8-12-24/h3-12,22,25,27-28H,13-21H2,1-2H3. The van der Waals surface area contributed by atoms with Gasteiger partial charge in [0.15, 0.2) is 0 Å². The quantitative estimate of drug-likeness (QED) is 0.799. The maximum absolute atomic E-state index is 3.89. The van der Waals surface area contributed by atoms with Crippen LogP contribution in [0.25, 0.3) is 0 Å². The number of nitrogens with zero attached hydrogens (tertiary/aromatic N) is 2. The van der Waals surface area contributed by atoms with E-state index in [0.717, 1.165) is 58.8 Å². The van der Waals surface area contributed by atoms with E-state index < -0.39 is 0 Å². The molecule has 2 aromatic carbocycles. The molecular formula is C26H38N4. The van der Waals surface area contributed by atoms with E-state index in [9.17, 15) is 0 Å². The summed E-state index contributed by atoms with van der Waals surface area (Å²) >= 11 is 0. The molecule has 2 heterocycles. The summed E-state index contributed by atoms with van der Waals surface area (Å²) in [6.45, 7) is 13.6. The molecule has 2 bridgehead atoms. The molecule has 30 heavy (non-hydrogen) atoms. The molecule has 0 spiro atoms. The Morgan fingerprint density at radius 1 is 0.833 bits per heavy atom. The molecule has 0 radical (unpaired) electrons. The van der Waals surface area contributed by atoms with E-state index in [1.807, 2.05) is 0 Å². The molecule has 2 aliphatic heterocycles. The zero-order valence-corrected chi connectivity index (χ0v) is 18.7. The maximum Gasteiger partial charge on any atom is 0.0471 e. The topological polar surface area (TPSA) is 30.5 Å². The summed E-state index contributed by atoms with van der Waals surface area (Å²) < 4.78 is 0. The highest BCUT2D eigenvalue weighted by Gasteiger charge is 2.39. The smallest absolute Gasteiger partial charge is 0.0471 e. The minimum atomic E-state index is 0.0143. The molecule has 0 saturated carbocycles. The number of benzene rings is 2. The van der Waals surface area contributed by atoms with Crippen LogP contribution in [0.5, 0.6) is 0 Å². The van der Waals surface area contributed by atoms with E-state index in [4.69, 9.17) is 0 Å². The molecule has 0 aromatic heterocycles. The van der Waals surface area contributed by atoms with Crippen LogP contribution in [0, 0.1) is 5.92 Å². The maximum atomic E-state index is 3.89. The van der Waals surface area contributed by atoms with Gasteiger partial charge in [0.25, 0.3) is 0 Å². The van der Waals surface area contributed by atoms with Crippen molar-refractivity contribution in [3.63, 3.8) is 0 Å². The average Bonchev–Trinajstić information content (AvgIpc) is 2.80. The van der Waals surface area contributed by atoms with Gasteiger partial charge in [-0.25, -0.2) is 0 Å². The van der Waals surface area contributed by atoms with Gasteiger partial charge in [0.05, 0.1) is 0 Å². The number of hydrogen-bond acceptors (Lipinski definition) is 4. The van der Waals surface area contributed by atoms with Crippen molar-refractivity contribution in [2.45, 2.75) is 31.8 Å². The van der Waals surface area contributed by atoms with E-state index in [1.165, 1.54) is 11.1 Å². The molecule has 162 valence electrons. The van der Waals surface area contributed by atoms with Crippen LogP contribution in [-0.2, 0) is 5.54 Å². The summed E-state index contributed by atoms with van der Waals surface area (Å²) in [4.78, 5) is 5.40. The van der Waals surface area contributed by atoms with Gasteiger partial charge in [-0.05, 0) is 36.9 Å². The second-order valence-corrected chi connectivity index (χ2v) is 9.15. The molecular weight excluding hydrogens is 368 g/mol. The van der Waals surface area contributed by atoms with Crippen molar-refractivity contribution in [2.75, 3.05) is 52.4 Å². The normalized spacial score (nSPS) is 33.7. The van der Waals surface area contributed by atoms with Gasteiger partial charge in [-0.2, -0.15) is 0 Å². The molecule has 5 unspecified atom stereocenters. The summed E-state index contributed by atoms with van der Waals surface area (Å²) in [7, 11) is 0. The molecule has 2 N–H and O–H groups in total. The lowest BCUT2D eigenvalue weighted by Crippen LogP contribution is -2.56. The Bertz CT molecular complexity index is 765. The van der Waals surface area contributed by atoms with E-state index in [0.29, 0.717) is 12.0 Å². The van der Waals surface area contributed by atoms with Gasteiger partial charge in [-0.15, -0.1) is 0 Å². The monoisotopic (exact) mass is 406 g/mol. The van der Waals surface area contributed by atoms with Gasteiger partial charge in [0.2, 0.25) is 0 Å². The number of hydrogen-bond donors (Lipinski definition) is 2. The van der Waals surface area contributed by atoms with Crippen LogP contribution >= 0.6 is 0 Å². The van der Waals surface area contributed by atoms with Crippen molar-refractivity contribution < 1.29 is 0 Å². The summed E-state index contributed by atoms with van der Waals surface area (Å²) in [6.07, 6.45) is 1.16. The molecule has 4 rings (SSSR count). The van der Waals surface area contributed by atoms with Gasteiger partial charge in [-0.1, -0.05) is 67.6 Å².